The van der Waals surface area contributed by atoms with Crippen molar-refractivity contribution in [2.75, 3.05) is 18.6 Å². The van der Waals surface area contributed by atoms with E-state index in [0.717, 1.165) is 0 Å². The van der Waals surface area contributed by atoms with Gasteiger partial charge in [-0.3, -0.25) is 19.6 Å². The molecular weight excluding hydrogens is 704 g/mol. The number of ether oxygens (including phenoxy) is 1. The van der Waals surface area contributed by atoms with Crippen molar-refractivity contribution in [3.63, 3.8) is 0 Å². The lowest BCUT2D eigenvalue weighted by Crippen LogP contribution is -2.09. The highest BCUT2D eigenvalue weighted by Gasteiger charge is 2.23. The monoisotopic (exact) mass is 728 g/mol. The van der Waals surface area contributed by atoms with Gasteiger partial charge in [0.1, 0.15) is 11.9 Å². The van der Waals surface area contributed by atoms with E-state index >= 15 is 0 Å². The van der Waals surface area contributed by atoms with E-state index in [1.54, 1.807) is 13.8 Å². The largest absolute Gasteiger partial charge is 0.465 e. The molecule has 268 valence electrons. The first kappa shape index (κ1) is 34.2. The summed E-state index contributed by atoms with van der Waals surface area (Å²) < 4.78 is 9.96. The molecule has 7 aromatic rings. The van der Waals surface area contributed by atoms with E-state index in [1.165, 1.54) is 87.8 Å². The number of nitrogens with two attached hydrogens (primary N) is 2. The number of hydrogen-bond donors (Lipinski definition) is 2. The summed E-state index contributed by atoms with van der Waals surface area (Å²) in [6.45, 7) is 3.29. The fraction of sp³-hybridized carbons (Fsp3) is 0.100. The average molecular weight is 729 g/mol. The van der Waals surface area contributed by atoms with Crippen molar-refractivity contribution in [3.05, 3.63) is 84.5 Å². The Hall–Kier alpha value is -8.31. The highest BCUT2D eigenvalue weighted by molar-refractivity contribution is 6.34. The first-order valence-corrected chi connectivity index (χ1v) is 15.3. The molecule has 0 fully saturated rings. The maximum atomic E-state index is 12.5. The molecule has 0 saturated carbocycles. The van der Waals surface area contributed by atoms with Crippen LogP contribution in [0.15, 0.2) is 82.4 Å². The number of carbonyl (C=O) groups excluding carboxylic acids is 3. The van der Waals surface area contributed by atoms with E-state index < -0.39 is 11.8 Å². The Morgan fingerprint density at radius 2 is 1.17 bits per heavy atom. The molecule has 7 rings (SSSR count). The fourth-order valence-corrected chi connectivity index (χ4v) is 4.94. The standard InChI is InChI=1S/C30H24N20O4/c1-15-24(41-43-28-17(19(52)13-51)9-39-49(28)22-11-33-4-6-35-22)26(31)47(45-15)20-8-21(38-14-37-20)48-27(32)25(16(2)46-48)42-44-29-18(30(53)54-3)10-40-50(29)23-12-34-5-7-36-23/h4-14H,31-32H2,1-3H3/b43-41+,44-42+. The number of aldehydes is 1. The first-order valence-electron chi connectivity index (χ1n) is 15.3. The minimum Gasteiger partial charge on any atom is -0.465 e. The Bertz CT molecular complexity index is 2600. The molecule has 4 N–H and O–H groups in total. The normalized spacial score (nSPS) is 11.5. The van der Waals surface area contributed by atoms with Gasteiger partial charge in [-0.2, -0.15) is 39.1 Å². The molecule has 0 amide bonds. The van der Waals surface area contributed by atoms with Crippen molar-refractivity contribution < 1.29 is 19.1 Å². The second kappa shape index (κ2) is 14.1. The van der Waals surface area contributed by atoms with Gasteiger partial charge < -0.3 is 16.2 Å². The third-order valence-electron chi connectivity index (χ3n) is 7.49. The van der Waals surface area contributed by atoms with Crippen LogP contribution < -0.4 is 11.5 Å². The summed E-state index contributed by atoms with van der Waals surface area (Å²) in [4.78, 5) is 61.2. The first-order chi connectivity index (χ1) is 26.2. The Labute approximate surface area is 301 Å². The van der Waals surface area contributed by atoms with E-state index in [1.807, 2.05) is 0 Å². The lowest BCUT2D eigenvalue weighted by Gasteiger charge is -2.06. The summed E-state index contributed by atoms with van der Waals surface area (Å²) in [5, 5.41) is 34.3. The molecule has 24 nitrogen and oxygen atoms in total. The third kappa shape index (κ3) is 6.16. The number of carbonyl (C=O) groups is 3. The highest BCUT2D eigenvalue weighted by atomic mass is 16.5. The Morgan fingerprint density at radius 3 is 1.63 bits per heavy atom. The van der Waals surface area contributed by atoms with Crippen molar-refractivity contribution in [3.8, 4) is 23.3 Å². The van der Waals surface area contributed by atoms with Crippen LogP contribution in [0.3, 0.4) is 0 Å². The van der Waals surface area contributed by atoms with Gasteiger partial charge in [0.15, 0.2) is 64.2 Å². The number of aryl methyl sites for hydroxylation is 2. The summed E-state index contributed by atoms with van der Waals surface area (Å²) >= 11 is 0. The molecule has 0 aliphatic heterocycles. The molecule has 7 heterocycles. The zero-order chi connectivity index (χ0) is 37.9. The Kier molecular flexibility index (Phi) is 8.94. The quantitative estimate of drug-likeness (QED) is 0.0635. The van der Waals surface area contributed by atoms with Gasteiger partial charge in [-0.15, -0.1) is 20.5 Å². The molecule has 0 atom stereocenters. The van der Waals surface area contributed by atoms with Crippen LogP contribution in [0, 0.1) is 13.8 Å². The minimum absolute atomic E-state index is 0.0143. The van der Waals surface area contributed by atoms with Crippen molar-refractivity contribution in [1.29, 1.82) is 0 Å². The van der Waals surface area contributed by atoms with E-state index in [0.29, 0.717) is 11.4 Å². The van der Waals surface area contributed by atoms with Gasteiger partial charge in [0.05, 0.1) is 48.8 Å². The van der Waals surface area contributed by atoms with Crippen LogP contribution in [0.2, 0.25) is 0 Å². The van der Waals surface area contributed by atoms with Crippen molar-refractivity contribution >= 4 is 52.7 Å². The van der Waals surface area contributed by atoms with Gasteiger partial charge in [0, 0.05) is 30.9 Å². The van der Waals surface area contributed by atoms with Crippen LogP contribution in [0.5, 0.6) is 0 Å². The number of anilines is 2. The van der Waals surface area contributed by atoms with Crippen LogP contribution in [0.1, 0.15) is 32.1 Å². The van der Waals surface area contributed by atoms with E-state index in [2.05, 4.69) is 70.8 Å². The number of esters is 1. The maximum absolute atomic E-state index is 12.5. The van der Waals surface area contributed by atoms with E-state index in [9.17, 15) is 14.4 Å². The number of nitrogens with zero attached hydrogens (tertiary/aromatic N) is 18. The molecule has 0 aliphatic rings. The van der Waals surface area contributed by atoms with Gasteiger partial charge in [0.2, 0.25) is 5.78 Å². The predicted molar refractivity (Wildman–Crippen MR) is 183 cm³/mol. The van der Waals surface area contributed by atoms with Gasteiger partial charge in [0.25, 0.3) is 0 Å². The number of nitrogen functional groups attached to an aromatic ring is 2. The van der Waals surface area contributed by atoms with Crippen LogP contribution in [0.4, 0.5) is 34.6 Å². The van der Waals surface area contributed by atoms with Gasteiger partial charge in [-0.1, -0.05) is 0 Å². The molecule has 0 unspecified atom stereocenters. The predicted octanol–water partition coefficient (Wildman–Crippen LogP) is 2.58. The topological polar surface area (TPSA) is 311 Å². The highest BCUT2D eigenvalue weighted by Crippen LogP contribution is 2.34. The lowest BCUT2D eigenvalue weighted by atomic mass is 10.2. The smallest absolute Gasteiger partial charge is 0.343 e. The maximum Gasteiger partial charge on any atom is 0.343 e. The van der Waals surface area contributed by atoms with Gasteiger partial charge in [-0.05, 0) is 13.8 Å². The molecule has 54 heavy (non-hydrogen) atoms. The number of Topliss-reactive ketones (excluding diaryl/α,β-unsaturated/α-hetero) is 1. The number of rotatable bonds is 11. The number of azo groups is 2. The molecule has 0 saturated heterocycles. The molecule has 0 aromatic carbocycles. The zero-order valence-electron chi connectivity index (χ0n) is 28.2. The molecule has 0 spiro atoms. The molecule has 24 heteroatoms. The summed E-state index contributed by atoms with van der Waals surface area (Å²) in [6.07, 6.45) is 12.5. The summed E-state index contributed by atoms with van der Waals surface area (Å²) in [5.41, 5.74) is 13.9. The minimum atomic E-state index is -0.870. The Morgan fingerprint density at radius 1 is 0.667 bits per heavy atom. The van der Waals surface area contributed by atoms with E-state index in [-0.39, 0.29) is 75.3 Å². The van der Waals surface area contributed by atoms with Crippen LogP contribution in [-0.2, 0) is 9.53 Å². The molecular formula is C30H24N20O4. The van der Waals surface area contributed by atoms with Crippen LogP contribution >= 0.6 is 0 Å². The number of aromatic nitrogens is 14. The second-order valence-corrected chi connectivity index (χ2v) is 10.8. The number of ketones is 1. The SMILES string of the molecule is COC(=O)c1cnn(-c2cnccn2)c1/N=N/c1c(C)nn(-c2cc(-n3nc(C)c(/N=N/c4c(C(=O)C=O)cnn4-c4cnccn4)c3N)ncn2)c1N. The average Bonchev–Trinajstić information content (AvgIpc) is 3.96. The summed E-state index contributed by atoms with van der Waals surface area (Å²) in [5.74, 6) is -0.649. The Balaban J connectivity index is 1.21. The van der Waals surface area contributed by atoms with Gasteiger partial charge >= 0.3 is 5.97 Å². The molecule has 0 radical (unpaired) electrons. The second-order valence-electron chi connectivity index (χ2n) is 10.8. The number of hydrogen-bond acceptors (Lipinski definition) is 20. The zero-order valence-corrected chi connectivity index (χ0v) is 28.2. The molecule has 7 aromatic heterocycles. The van der Waals surface area contributed by atoms with Crippen molar-refractivity contribution in [1.82, 2.24) is 69.0 Å². The van der Waals surface area contributed by atoms with Gasteiger partial charge in [-0.25, -0.2) is 24.7 Å². The van der Waals surface area contributed by atoms with Crippen molar-refractivity contribution in [2.24, 2.45) is 20.5 Å². The summed E-state index contributed by atoms with van der Waals surface area (Å²) in [6, 6.07) is 1.51. The van der Waals surface area contributed by atoms with Crippen LogP contribution in [-0.4, -0.2) is 94.2 Å². The van der Waals surface area contributed by atoms with Crippen molar-refractivity contribution in [2.45, 2.75) is 13.8 Å². The lowest BCUT2D eigenvalue weighted by molar-refractivity contribution is -0.104. The molecule has 0 aliphatic carbocycles. The third-order valence-corrected chi connectivity index (χ3v) is 7.49. The summed E-state index contributed by atoms with van der Waals surface area (Å²) in [7, 11) is 1.23. The fourth-order valence-electron chi connectivity index (χ4n) is 4.94. The number of methoxy groups -OCH3 is 1. The molecule has 0 bridgehead atoms. The van der Waals surface area contributed by atoms with Crippen LogP contribution in [0.25, 0.3) is 23.3 Å². The van der Waals surface area contributed by atoms with E-state index in [4.69, 9.17) is 16.2 Å².